The molecule has 0 heterocycles. The van der Waals surface area contributed by atoms with Gasteiger partial charge in [0.25, 0.3) is 11.8 Å². The average Bonchev–Trinajstić information content (AvgIpc) is 2.81. The number of rotatable bonds is 10. The van der Waals surface area contributed by atoms with Crippen LogP contribution in [0.25, 0.3) is 0 Å². The van der Waals surface area contributed by atoms with Crippen LogP contribution in [0.5, 0.6) is 11.5 Å². The summed E-state index contributed by atoms with van der Waals surface area (Å²) in [5, 5.41) is 5.74. The smallest absolute Gasteiger partial charge is 0.279 e. The Morgan fingerprint density at radius 2 is 1.59 bits per heavy atom. The second-order valence-corrected chi connectivity index (χ2v) is 8.72. The number of likely N-dealkylation sites (N-methyl/N-ethyl adjacent to an activating group) is 1. The highest BCUT2D eigenvalue weighted by Gasteiger charge is 2.14. The first-order valence-electron chi connectivity index (χ1n) is 11.0. The number of amides is 2. The molecule has 1 unspecified atom stereocenters. The quantitative estimate of drug-likeness (QED) is 0.375. The monoisotopic (exact) mass is 526 g/mol. The molecule has 0 aliphatic rings. The first-order chi connectivity index (χ1) is 16.4. The van der Waals surface area contributed by atoms with Gasteiger partial charge in [-0.3, -0.25) is 9.59 Å². The molecule has 0 aliphatic heterocycles. The number of benzene rings is 3. The van der Waals surface area contributed by atoms with Crippen LogP contribution in [0.4, 0.5) is 11.4 Å². The molecular formula is C26H29BrN3O4+. The van der Waals surface area contributed by atoms with Crippen molar-refractivity contribution in [3.05, 3.63) is 82.3 Å². The highest BCUT2D eigenvalue weighted by atomic mass is 79.9. The highest BCUT2D eigenvalue weighted by Crippen LogP contribution is 2.22. The van der Waals surface area contributed by atoms with E-state index in [1.807, 2.05) is 44.3 Å². The number of hydrogen-bond donors (Lipinski definition) is 3. The molecule has 3 aromatic rings. The molecular weight excluding hydrogens is 498 g/mol. The van der Waals surface area contributed by atoms with Crippen molar-refractivity contribution in [2.24, 2.45) is 0 Å². The summed E-state index contributed by atoms with van der Waals surface area (Å²) >= 11 is 3.48. The van der Waals surface area contributed by atoms with Gasteiger partial charge in [-0.15, -0.1) is 0 Å². The van der Waals surface area contributed by atoms with Crippen molar-refractivity contribution in [1.82, 2.24) is 0 Å². The third-order valence-electron chi connectivity index (χ3n) is 5.05. The van der Waals surface area contributed by atoms with E-state index in [0.29, 0.717) is 30.1 Å². The number of halogens is 1. The lowest BCUT2D eigenvalue weighted by atomic mass is 10.2. The first-order valence-corrected chi connectivity index (χ1v) is 11.7. The molecule has 3 aromatic carbocycles. The molecule has 8 heteroatoms. The van der Waals surface area contributed by atoms with Crippen LogP contribution < -0.4 is 25.0 Å². The molecule has 3 rings (SSSR count). The number of nitrogens with one attached hydrogen (secondary N) is 3. The summed E-state index contributed by atoms with van der Waals surface area (Å²) in [4.78, 5) is 26.0. The Hall–Kier alpha value is -3.36. The van der Waals surface area contributed by atoms with E-state index < -0.39 is 0 Å². The van der Waals surface area contributed by atoms with E-state index in [9.17, 15) is 9.59 Å². The summed E-state index contributed by atoms with van der Waals surface area (Å²) in [6.07, 6.45) is 0. The number of anilines is 2. The maximum Gasteiger partial charge on any atom is 0.279 e. The number of methoxy groups -OCH3 is 1. The lowest BCUT2D eigenvalue weighted by molar-refractivity contribution is -0.885. The highest BCUT2D eigenvalue weighted by molar-refractivity contribution is 9.10. The third-order valence-corrected chi connectivity index (χ3v) is 5.54. The molecule has 0 saturated heterocycles. The zero-order chi connectivity index (χ0) is 24.5. The van der Waals surface area contributed by atoms with E-state index >= 15 is 0 Å². The Bertz CT molecular complexity index is 1120. The van der Waals surface area contributed by atoms with Gasteiger partial charge in [0, 0.05) is 27.0 Å². The van der Waals surface area contributed by atoms with Gasteiger partial charge in [0.05, 0.1) is 20.8 Å². The Morgan fingerprint density at radius 3 is 2.24 bits per heavy atom. The van der Waals surface area contributed by atoms with Gasteiger partial charge >= 0.3 is 0 Å². The fraction of sp³-hybridized carbons (Fsp3) is 0.231. The van der Waals surface area contributed by atoms with Gasteiger partial charge in [0.1, 0.15) is 18.0 Å². The molecule has 1 atom stereocenters. The van der Waals surface area contributed by atoms with Gasteiger partial charge in [-0.05, 0) is 73.7 Å². The predicted octanol–water partition coefficient (Wildman–Crippen LogP) is 3.76. The van der Waals surface area contributed by atoms with Gasteiger partial charge in [0.15, 0.2) is 6.54 Å². The van der Waals surface area contributed by atoms with Crippen molar-refractivity contribution in [2.75, 3.05) is 37.9 Å². The summed E-state index contributed by atoms with van der Waals surface area (Å²) in [5.74, 6) is 1.21. The molecule has 0 aliphatic carbocycles. The fourth-order valence-corrected chi connectivity index (χ4v) is 3.87. The molecule has 34 heavy (non-hydrogen) atoms. The SMILES string of the molecule is CCOc1ccc(NC(=O)c2ccc(NC(=O)C[NH+](C)Cc3cc(Br)ccc3OC)cc2)cc1. The average molecular weight is 527 g/mol. The van der Waals surface area contributed by atoms with Crippen molar-refractivity contribution >= 4 is 39.1 Å². The molecule has 0 fully saturated rings. The van der Waals surface area contributed by atoms with Crippen LogP contribution in [-0.2, 0) is 11.3 Å². The Labute approximate surface area is 208 Å². The zero-order valence-corrected chi connectivity index (χ0v) is 21.1. The van der Waals surface area contributed by atoms with Gasteiger partial charge in [-0.25, -0.2) is 0 Å². The number of ether oxygens (including phenoxy) is 2. The number of quaternary nitrogens is 1. The molecule has 3 N–H and O–H groups in total. The van der Waals surface area contributed by atoms with Crippen molar-refractivity contribution in [1.29, 1.82) is 0 Å². The van der Waals surface area contributed by atoms with Crippen molar-refractivity contribution in [2.45, 2.75) is 13.5 Å². The lowest BCUT2D eigenvalue weighted by Crippen LogP contribution is -3.08. The Balaban J connectivity index is 1.52. The van der Waals surface area contributed by atoms with Gasteiger partial charge in [0.2, 0.25) is 0 Å². The summed E-state index contributed by atoms with van der Waals surface area (Å²) in [5.41, 5.74) is 2.83. The first kappa shape index (κ1) is 25.3. The lowest BCUT2D eigenvalue weighted by Gasteiger charge is -2.16. The van der Waals surface area contributed by atoms with Crippen LogP contribution in [0, 0.1) is 0 Å². The van der Waals surface area contributed by atoms with E-state index in [1.165, 1.54) is 0 Å². The standard InChI is InChI=1S/C26H28BrN3O4/c1-4-34-23-12-10-22(11-13-23)29-26(32)18-5-8-21(9-6-18)28-25(31)17-30(2)16-19-15-20(27)7-14-24(19)33-3/h5-15H,4,16-17H2,1-3H3,(H,28,31)(H,29,32)/p+1. The molecule has 2 amide bonds. The van der Waals surface area contributed by atoms with E-state index in [2.05, 4.69) is 26.6 Å². The molecule has 0 aromatic heterocycles. The maximum absolute atomic E-state index is 12.5. The van der Waals surface area contributed by atoms with Crippen molar-refractivity contribution < 1.29 is 24.0 Å². The van der Waals surface area contributed by atoms with E-state index in [1.54, 1.807) is 43.5 Å². The van der Waals surface area contributed by atoms with E-state index in [0.717, 1.165) is 26.4 Å². The number of hydrogen-bond acceptors (Lipinski definition) is 4. The minimum atomic E-state index is -0.228. The Kier molecular flexibility index (Phi) is 9.07. The predicted molar refractivity (Wildman–Crippen MR) is 137 cm³/mol. The summed E-state index contributed by atoms with van der Waals surface area (Å²) < 4.78 is 11.8. The fourth-order valence-electron chi connectivity index (χ4n) is 3.46. The molecule has 0 bridgehead atoms. The zero-order valence-electron chi connectivity index (χ0n) is 19.5. The second kappa shape index (κ2) is 12.2. The number of carbonyl (C=O) groups excluding carboxylic acids is 2. The topological polar surface area (TPSA) is 81.1 Å². The minimum absolute atomic E-state index is 0.113. The van der Waals surface area contributed by atoms with E-state index in [4.69, 9.17) is 9.47 Å². The van der Waals surface area contributed by atoms with Gasteiger partial charge in [-0.1, -0.05) is 15.9 Å². The second-order valence-electron chi connectivity index (χ2n) is 7.80. The minimum Gasteiger partial charge on any atom is -0.496 e. The van der Waals surface area contributed by atoms with Gasteiger partial charge < -0.3 is 25.0 Å². The Morgan fingerprint density at radius 1 is 0.941 bits per heavy atom. The van der Waals surface area contributed by atoms with Crippen LogP contribution in [0.1, 0.15) is 22.8 Å². The van der Waals surface area contributed by atoms with Gasteiger partial charge in [-0.2, -0.15) is 0 Å². The molecule has 0 saturated carbocycles. The van der Waals surface area contributed by atoms with Crippen LogP contribution in [-0.4, -0.2) is 39.1 Å². The largest absolute Gasteiger partial charge is 0.496 e. The summed E-state index contributed by atoms with van der Waals surface area (Å²) in [6, 6.07) is 19.8. The summed E-state index contributed by atoms with van der Waals surface area (Å²) in [7, 11) is 3.59. The van der Waals surface area contributed by atoms with Crippen LogP contribution >= 0.6 is 15.9 Å². The maximum atomic E-state index is 12.5. The van der Waals surface area contributed by atoms with Crippen molar-refractivity contribution in [3.8, 4) is 11.5 Å². The molecule has 0 spiro atoms. The van der Waals surface area contributed by atoms with Crippen LogP contribution in [0.15, 0.2) is 71.2 Å². The third kappa shape index (κ3) is 7.33. The molecule has 7 nitrogen and oxygen atoms in total. The number of carbonyl (C=O) groups is 2. The van der Waals surface area contributed by atoms with Crippen LogP contribution in [0.2, 0.25) is 0 Å². The molecule has 0 radical (unpaired) electrons. The summed E-state index contributed by atoms with van der Waals surface area (Å²) in [6.45, 7) is 3.44. The van der Waals surface area contributed by atoms with Crippen LogP contribution in [0.3, 0.4) is 0 Å². The van der Waals surface area contributed by atoms with E-state index in [-0.39, 0.29) is 18.4 Å². The normalized spacial score (nSPS) is 11.4. The van der Waals surface area contributed by atoms with Crippen molar-refractivity contribution in [3.63, 3.8) is 0 Å². The molecule has 178 valence electrons.